The highest BCUT2D eigenvalue weighted by Gasteiger charge is 2.28. The zero-order chi connectivity index (χ0) is 12.0. The molecule has 1 rings (SSSR count). The monoisotopic (exact) mass is 225 g/mol. The van der Waals surface area contributed by atoms with Gasteiger partial charge in [-0.2, -0.15) is 5.26 Å². The molecule has 1 aliphatic rings. The SMILES string of the molecule is COCCN1CC(C)CNC(CC#N)C1=O. The van der Waals surface area contributed by atoms with Gasteiger partial charge < -0.3 is 15.0 Å². The maximum absolute atomic E-state index is 12.0. The zero-order valence-corrected chi connectivity index (χ0v) is 9.90. The van der Waals surface area contributed by atoms with E-state index in [0.717, 1.165) is 13.1 Å². The van der Waals surface area contributed by atoms with E-state index in [2.05, 4.69) is 12.2 Å². The Morgan fingerprint density at radius 2 is 2.44 bits per heavy atom. The highest BCUT2D eigenvalue weighted by Crippen LogP contribution is 2.09. The van der Waals surface area contributed by atoms with E-state index >= 15 is 0 Å². The van der Waals surface area contributed by atoms with E-state index in [-0.39, 0.29) is 18.4 Å². The van der Waals surface area contributed by atoms with Crippen LogP contribution in [0.4, 0.5) is 0 Å². The Morgan fingerprint density at radius 1 is 1.69 bits per heavy atom. The molecule has 1 amide bonds. The van der Waals surface area contributed by atoms with Crippen molar-refractivity contribution < 1.29 is 9.53 Å². The van der Waals surface area contributed by atoms with Gasteiger partial charge >= 0.3 is 0 Å². The third-order valence-corrected chi connectivity index (χ3v) is 2.72. The van der Waals surface area contributed by atoms with E-state index < -0.39 is 0 Å². The van der Waals surface area contributed by atoms with E-state index in [4.69, 9.17) is 10.00 Å². The zero-order valence-electron chi connectivity index (χ0n) is 9.90. The van der Waals surface area contributed by atoms with Crippen LogP contribution in [-0.2, 0) is 9.53 Å². The van der Waals surface area contributed by atoms with Gasteiger partial charge in [-0.1, -0.05) is 6.92 Å². The summed E-state index contributed by atoms with van der Waals surface area (Å²) in [4.78, 5) is 13.8. The van der Waals surface area contributed by atoms with Gasteiger partial charge in [-0.15, -0.1) is 0 Å². The molecule has 0 radical (unpaired) electrons. The number of methoxy groups -OCH3 is 1. The van der Waals surface area contributed by atoms with Gasteiger partial charge in [0.25, 0.3) is 0 Å². The summed E-state index contributed by atoms with van der Waals surface area (Å²) in [5.74, 6) is 0.424. The lowest BCUT2D eigenvalue weighted by Crippen LogP contribution is -2.44. The largest absolute Gasteiger partial charge is 0.383 e. The van der Waals surface area contributed by atoms with Crippen LogP contribution in [0.15, 0.2) is 0 Å². The molecule has 16 heavy (non-hydrogen) atoms. The molecule has 5 nitrogen and oxygen atoms in total. The Labute approximate surface area is 96.4 Å². The predicted octanol–water partition coefficient (Wildman–Crippen LogP) is -0.0170. The summed E-state index contributed by atoms with van der Waals surface area (Å²) in [6, 6.07) is 1.69. The molecule has 1 aliphatic heterocycles. The van der Waals surface area contributed by atoms with E-state index in [9.17, 15) is 4.79 Å². The lowest BCUT2D eigenvalue weighted by Gasteiger charge is -2.23. The fraction of sp³-hybridized carbons (Fsp3) is 0.818. The average molecular weight is 225 g/mol. The summed E-state index contributed by atoms with van der Waals surface area (Å²) in [5, 5.41) is 11.8. The first kappa shape index (κ1) is 12.9. The second-order valence-corrected chi connectivity index (χ2v) is 4.21. The topological polar surface area (TPSA) is 65.4 Å². The number of nitriles is 1. The smallest absolute Gasteiger partial charge is 0.240 e. The van der Waals surface area contributed by atoms with Crippen molar-refractivity contribution in [1.82, 2.24) is 10.2 Å². The molecule has 2 unspecified atom stereocenters. The lowest BCUT2D eigenvalue weighted by atomic mass is 10.2. The minimum atomic E-state index is -0.355. The molecular weight excluding hydrogens is 206 g/mol. The van der Waals surface area contributed by atoms with Gasteiger partial charge in [0.2, 0.25) is 5.91 Å². The van der Waals surface area contributed by atoms with Crippen LogP contribution in [0.5, 0.6) is 0 Å². The van der Waals surface area contributed by atoms with Crippen molar-refractivity contribution in [1.29, 1.82) is 5.26 Å². The number of amides is 1. The van der Waals surface area contributed by atoms with Gasteiger partial charge in [-0.3, -0.25) is 4.79 Å². The standard InChI is InChI=1S/C11H19N3O2/c1-9-7-13-10(3-4-12)11(15)14(8-9)5-6-16-2/h9-10,13H,3,5-8H2,1-2H3. The van der Waals surface area contributed by atoms with Crippen molar-refractivity contribution in [2.45, 2.75) is 19.4 Å². The number of carbonyl (C=O) groups is 1. The third kappa shape index (κ3) is 3.47. The van der Waals surface area contributed by atoms with Gasteiger partial charge in [0.15, 0.2) is 0 Å². The highest BCUT2D eigenvalue weighted by atomic mass is 16.5. The van der Waals surface area contributed by atoms with Crippen LogP contribution in [0.3, 0.4) is 0 Å². The first-order valence-electron chi connectivity index (χ1n) is 5.57. The summed E-state index contributed by atoms with van der Waals surface area (Å²) in [5.41, 5.74) is 0. The summed E-state index contributed by atoms with van der Waals surface area (Å²) in [6.07, 6.45) is 0.231. The summed E-state index contributed by atoms with van der Waals surface area (Å²) >= 11 is 0. The Balaban J connectivity index is 2.64. The number of hydrogen-bond acceptors (Lipinski definition) is 4. The Kier molecular flexibility index (Phi) is 5.23. The number of nitrogens with one attached hydrogen (secondary N) is 1. The van der Waals surface area contributed by atoms with E-state index in [0.29, 0.717) is 19.1 Å². The summed E-state index contributed by atoms with van der Waals surface area (Å²) in [6.45, 7) is 4.74. The van der Waals surface area contributed by atoms with Crippen molar-refractivity contribution in [2.75, 3.05) is 33.4 Å². The highest BCUT2D eigenvalue weighted by molar-refractivity contribution is 5.82. The fourth-order valence-electron chi connectivity index (χ4n) is 1.84. The van der Waals surface area contributed by atoms with E-state index in [1.165, 1.54) is 0 Å². The van der Waals surface area contributed by atoms with Crippen LogP contribution >= 0.6 is 0 Å². The van der Waals surface area contributed by atoms with Gasteiger partial charge in [-0.05, 0) is 5.92 Å². The van der Waals surface area contributed by atoms with Crippen LogP contribution < -0.4 is 5.32 Å². The quantitative estimate of drug-likeness (QED) is 0.730. The minimum Gasteiger partial charge on any atom is -0.383 e. The van der Waals surface area contributed by atoms with Gasteiger partial charge in [0.05, 0.1) is 25.1 Å². The molecule has 0 aliphatic carbocycles. The van der Waals surface area contributed by atoms with Crippen molar-refractivity contribution in [3.63, 3.8) is 0 Å². The second-order valence-electron chi connectivity index (χ2n) is 4.21. The van der Waals surface area contributed by atoms with Crippen molar-refractivity contribution in [3.05, 3.63) is 0 Å². The maximum Gasteiger partial charge on any atom is 0.240 e. The van der Waals surface area contributed by atoms with Gasteiger partial charge in [0, 0.05) is 26.7 Å². The van der Waals surface area contributed by atoms with Crippen molar-refractivity contribution in [2.24, 2.45) is 5.92 Å². The molecule has 0 aromatic heterocycles. The molecule has 0 spiro atoms. The molecule has 90 valence electrons. The van der Waals surface area contributed by atoms with Gasteiger partial charge in [0.1, 0.15) is 0 Å². The Bertz CT molecular complexity index is 275. The number of carbonyl (C=O) groups excluding carboxylic acids is 1. The van der Waals surface area contributed by atoms with Crippen LogP contribution in [-0.4, -0.2) is 50.2 Å². The van der Waals surface area contributed by atoms with Gasteiger partial charge in [-0.25, -0.2) is 0 Å². The Hall–Kier alpha value is -1.12. The van der Waals surface area contributed by atoms with Crippen LogP contribution in [0, 0.1) is 17.2 Å². The average Bonchev–Trinajstić information content (AvgIpc) is 2.40. The molecule has 1 heterocycles. The number of nitrogens with zero attached hydrogens (tertiary/aromatic N) is 2. The summed E-state index contributed by atoms with van der Waals surface area (Å²) < 4.78 is 4.98. The number of hydrogen-bond donors (Lipinski definition) is 1. The van der Waals surface area contributed by atoms with E-state index in [1.807, 2.05) is 6.07 Å². The molecule has 2 atom stereocenters. The first-order valence-corrected chi connectivity index (χ1v) is 5.57. The molecular formula is C11H19N3O2. The predicted molar refractivity (Wildman–Crippen MR) is 59.6 cm³/mol. The molecule has 1 saturated heterocycles. The molecule has 1 fully saturated rings. The third-order valence-electron chi connectivity index (χ3n) is 2.72. The molecule has 0 bridgehead atoms. The molecule has 1 N–H and O–H groups in total. The second kappa shape index (κ2) is 6.46. The Morgan fingerprint density at radius 3 is 3.06 bits per heavy atom. The van der Waals surface area contributed by atoms with Crippen molar-refractivity contribution >= 4 is 5.91 Å². The fourth-order valence-corrected chi connectivity index (χ4v) is 1.84. The molecule has 5 heteroatoms. The minimum absolute atomic E-state index is 0.0166. The maximum atomic E-state index is 12.0. The van der Waals surface area contributed by atoms with Crippen LogP contribution in [0.25, 0.3) is 0 Å². The molecule has 0 aromatic rings. The lowest BCUT2D eigenvalue weighted by molar-refractivity contribution is -0.133. The van der Waals surface area contributed by atoms with E-state index in [1.54, 1.807) is 12.0 Å². The normalized spacial score (nSPS) is 26.3. The first-order chi connectivity index (χ1) is 7.69. The van der Waals surface area contributed by atoms with Crippen LogP contribution in [0.1, 0.15) is 13.3 Å². The number of ether oxygens (including phenoxy) is 1. The molecule has 0 aromatic carbocycles. The molecule has 0 saturated carbocycles. The van der Waals surface area contributed by atoms with Crippen LogP contribution in [0.2, 0.25) is 0 Å². The van der Waals surface area contributed by atoms with Crippen molar-refractivity contribution in [3.8, 4) is 6.07 Å². The summed E-state index contributed by atoms with van der Waals surface area (Å²) in [7, 11) is 1.62. The number of rotatable bonds is 4.